The number of anilines is 1. The summed E-state index contributed by atoms with van der Waals surface area (Å²) in [5, 5.41) is 4.10. The summed E-state index contributed by atoms with van der Waals surface area (Å²) in [4.78, 5) is 30.4. The standard InChI is InChI=1S/C23H30N6OS/c1-17-19-21(29-13-11-27(2)12-14-29)25-16-26-23(19)31-20(17)22(30)24-9-10-28(3)15-18-7-5-4-6-8-18/h4-8,16H,9-15H2,1-3H3,(H,24,30). The molecule has 1 aliphatic rings. The molecule has 0 radical (unpaired) electrons. The van der Waals surface area contributed by atoms with Gasteiger partial charge >= 0.3 is 0 Å². The Morgan fingerprint density at radius 1 is 1.16 bits per heavy atom. The lowest BCUT2D eigenvalue weighted by Crippen LogP contribution is -2.44. The number of rotatable bonds is 7. The van der Waals surface area contributed by atoms with Gasteiger partial charge in [0.1, 0.15) is 17.0 Å². The van der Waals surface area contributed by atoms with Gasteiger partial charge in [0.15, 0.2) is 0 Å². The molecule has 0 saturated carbocycles. The maximum Gasteiger partial charge on any atom is 0.261 e. The van der Waals surface area contributed by atoms with Crippen LogP contribution in [0, 0.1) is 6.92 Å². The second-order valence-corrected chi connectivity index (χ2v) is 9.20. The number of aromatic nitrogens is 2. The molecule has 3 aromatic rings. The maximum atomic E-state index is 12.9. The lowest BCUT2D eigenvalue weighted by molar-refractivity contribution is 0.0953. The van der Waals surface area contributed by atoms with E-state index in [4.69, 9.17) is 0 Å². The number of nitrogens with zero attached hydrogens (tertiary/aromatic N) is 5. The molecule has 1 N–H and O–H groups in total. The van der Waals surface area contributed by atoms with Crippen LogP contribution in [-0.4, -0.2) is 79.0 Å². The van der Waals surface area contributed by atoms with Gasteiger partial charge in [0, 0.05) is 45.8 Å². The van der Waals surface area contributed by atoms with Crippen LogP contribution in [0.3, 0.4) is 0 Å². The molecule has 0 unspecified atom stereocenters. The molecule has 0 aliphatic carbocycles. The largest absolute Gasteiger partial charge is 0.353 e. The average Bonchev–Trinajstić information content (AvgIpc) is 3.12. The molecule has 1 saturated heterocycles. The Balaban J connectivity index is 1.41. The van der Waals surface area contributed by atoms with Crippen LogP contribution in [-0.2, 0) is 6.54 Å². The van der Waals surface area contributed by atoms with Gasteiger partial charge in [0.25, 0.3) is 5.91 Å². The Labute approximate surface area is 187 Å². The van der Waals surface area contributed by atoms with Crippen LogP contribution in [0.2, 0.25) is 0 Å². The number of hydrogen-bond donors (Lipinski definition) is 1. The molecule has 8 heteroatoms. The summed E-state index contributed by atoms with van der Waals surface area (Å²) in [6, 6.07) is 10.4. The highest BCUT2D eigenvalue weighted by Gasteiger charge is 2.23. The first kappa shape index (κ1) is 21.7. The molecule has 1 fully saturated rings. The molecule has 4 rings (SSSR count). The zero-order chi connectivity index (χ0) is 21.8. The highest BCUT2D eigenvalue weighted by atomic mass is 32.1. The van der Waals surface area contributed by atoms with Gasteiger partial charge < -0.3 is 20.0 Å². The van der Waals surface area contributed by atoms with Crippen molar-refractivity contribution in [1.82, 2.24) is 25.1 Å². The Hall–Kier alpha value is -2.55. The number of hydrogen-bond acceptors (Lipinski definition) is 7. The van der Waals surface area contributed by atoms with Crippen molar-refractivity contribution in [2.45, 2.75) is 13.5 Å². The smallest absolute Gasteiger partial charge is 0.261 e. The molecule has 3 heterocycles. The number of carbonyl (C=O) groups is 1. The summed E-state index contributed by atoms with van der Waals surface area (Å²) in [5.74, 6) is 0.923. The van der Waals surface area contributed by atoms with E-state index in [-0.39, 0.29) is 5.91 Å². The van der Waals surface area contributed by atoms with Crippen molar-refractivity contribution in [2.75, 3.05) is 58.3 Å². The molecule has 1 aliphatic heterocycles. The van der Waals surface area contributed by atoms with Crippen molar-refractivity contribution in [3.05, 3.63) is 52.7 Å². The Bertz CT molecular complexity index is 1030. The number of thiophene rings is 1. The quantitative estimate of drug-likeness (QED) is 0.612. The Kier molecular flexibility index (Phi) is 6.80. The van der Waals surface area contributed by atoms with Gasteiger partial charge in [0.2, 0.25) is 0 Å². The third-order valence-corrected chi connectivity index (χ3v) is 6.99. The lowest BCUT2D eigenvalue weighted by Gasteiger charge is -2.33. The summed E-state index contributed by atoms with van der Waals surface area (Å²) in [6.07, 6.45) is 1.62. The summed E-state index contributed by atoms with van der Waals surface area (Å²) in [7, 11) is 4.21. The topological polar surface area (TPSA) is 64.6 Å². The minimum Gasteiger partial charge on any atom is -0.353 e. The average molecular weight is 439 g/mol. The lowest BCUT2D eigenvalue weighted by atomic mass is 10.1. The molecule has 2 aromatic heterocycles. The fourth-order valence-electron chi connectivity index (χ4n) is 3.94. The molecule has 0 bridgehead atoms. The molecule has 0 spiro atoms. The number of carbonyl (C=O) groups excluding carboxylic acids is 1. The van der Waals surface area contributed by atoms with Gasteiger partial charge in [-0.25, -0.2) is 9.97 Å². The first-order chi connectivity index (χ1) is 15.0. The van der Waals surface area contributed by atoms with E-state index in [0.717, 1.165) is 65.7 Å². The monoisotopic (exact) mass is 438 g/mol. The maximum absolute atomic E-state index is 12.9. The molecule has 7 nitrogen and oxygen atoms in total. The van der Waals surface area contributed by atoms with E-state index < -0.39 is 0 Å². The van der Waals surface area contributed by atoms with Crippen molar-refractivity contribution < 1.29 is 4.79 Å². The number of amides is 1. The number of nitrogens with one attached hydrogen (secondary N) is 1. The first-order valence-electron chi connectivity index (χ1n) is 10.7. The van der Waals surface area contributed by atoms with Crippen LogP contribution >= 0.6 is 11.3 Å². The van der Waals surface area contributed by atoms with E-state index in [1.54, 1.807) is 6.33 Å². The highest BCUT2D eigenvalue weighted by molar-refractivity contribution is 7.20. The predicted molar refractivity (Wildman–Crippen MR) is 127 cm³/mol. The third-order valence-electron chi connectivity index (χ3n) is 5.79. The molecular formula is C23H30N6OS. The van der Waals surface area contributed by atoms with E-state index in [1.807, 2.05) is 13.0 Å². The third kappa shape index (κ3) is 5.03. The van der Waals surface area contributed by atoms with Gasteiger partial charge in [-0.1, -0.05) is 30.3 Å². The van der Waals surface area contributed by atoms with Crippen molar-refractivity contribution in [1.29, 1.82) is 0 Å². The van der Waals surface area contributed by atoms with Crippen LogP contribution in [0.25, 0.3) is 10.2 Å². The van der Waals surface area contributed by atoms with E-state index in [1.165, 1.54) is 16.9 Å². The van der Waals surface area contributed by atoms with E-state index in [0.29, 0.717) is 6.54 Å². The Morgan fingerprint density at radius 2 is 1.90 bits per heavy atom. The van der Waals surface area contributed by atoms with Crippen LogP contribution < -0.4 is 10.2 Å². The molecule has 1 amide bonds. The SMILES string of the molecule is Cc1c(C(=O)NCCN(C)Cc2ccccc2)sc2ncnc(N3CCN(C)CC3)c12. The fraction of sp³-hybridized carbons (Fsp3) is 0.435. The zero-order valence-corrected chi connectivity index (χ0v) is 19.3. The molecule has 164 valence electrons. The van der Waals surface area contributed by atoms with Crippen LogP contribution in [0.1, 0.15) is 20.8 Å². The van der Waals surface area contributed by atoms with Crippen LogP contribution in [0.4, 0.5) is 5.82 Å². The molecule has 31 heavy (non-hydrogen) atoms. The molecular weight excluding hydrogens is 408 g/mol. The highest BCUT2D eigenvalue weighted by Crippen LogP contribution is 2.35. The number of aryl methyl sites for hydroxylation is 1. The predicted octanol–water partition coefficient (Wildman–Crippen LogP) is 2.61. The van der Waals surface area contributed by atoms with Crippen LogP contribution in [0.5, 0.6) is 0 Å². The zero-order valence-electron chi connectivity index (χ0n) is 18.5. The number of likely N-dealkylation sites (N-methyl/N-ethyl adjacent to an activating group) is 2. The van der Waals surface area contributed by atoms with Gasteiger partial charge in [-0.15, -0.1) is 11.3 Å². The first-order valence-corrected chi connectivity index (χ1v) is 11.5. The van der Waals surface area contributed by atoms with E-state index in [2.05, 4.69) is 68.3 Å². The van der Waals surface area contributed by atoms with Crippen molar-refractivity contribution in [2.24, 2.45) is 0 Å². The minimum absolute atomic E-state index is 0.0297. The van der Waals surface area contributed by atoms with Crippen LogP contribution in [0.15, 0.2) is 36.7 Å². The number of fused-ring (bicyclic) bond motifs is 1. The minimum atomic E-state index is -0.0297. The van der Waals surface area contributed by atoms with E-state index >= 15 is 0 Å². The van der Waals surface area contributed by atoms with Gasteiger partial charge in [-0.3, -0.25) is 4.79 Å². The second kappa shape index (κ2) is 9.72. The van der Waals surface area contributed by atoms with E-state index in [9.17, 15) is 4.79 Å². The molecule has 0 atom stereocenters. The van der Waals surface area contributed by atoms with Crippen molar-refractivity contribution in [3.63, 3.8) is 0 Å². The summed E-state index contributed by atoms with van der Waals surface area (Å²) in [6.45, 7) is 8.17. The normalized spacial score (nSPS) is 15.0. The van der Waals surface area contributed by atoms with Gasteiger partial charge in [-0.05, 0) is 32.1 Å². The fourth-order valence-corrected chi connectivity index (χ4v) is 5.00. The summed E-state index contributed by atoms with van der Waals surface area (Å²) >= 11 is 1.46. The number of piperazine rings is 1. The number of benzene rings is 1. The molecule has 1 aromatic carbocycles. The second-order valence-electron chi connectivity index (χ2n) is 8.20. The summed E-state index contributed by atoms with van der Waals surface area (Å²) in [5.41, 5.74) is 2.25. The summed E-state index contributed by atoms with van der Waals surface area (Å²) < 4.78 is 0. The Morgan fingerprint density at radius 3 is 2.65 bits per heavy atom. The van der Waals surface area contributed by atoms with Gasteiger partial charge in [-0.2, -0.15) is 0 Å². The van der Waals surface area contributed by atoms with Crippen molar-refractivity contribution >= 4 is 33.3 Å². The van der Waals surface area contributed by atoms with Gasteiger partial charge in [0.05, 0.1) is 10.3 Å². The van der Waals surface area contributed by atoms with Crippen molar-refractivity contribution in [3.8, 4) is 0 Å².